The molecule has 0 bridgehead atoms. The smallest absolute Gasteiger partial charge is 0.169 e. The molecule has 1 aromatic carbocycles. The number of hydrogen-bond donors (Lipinski definition) is 0. The molecular formula is C24H36O4. The van der Waals surface area contributed by atoms with E-state index in [9.17, 15) is 0 Å². The summed E-state index contributed by atoms with van der Waals surface area (Å²) < 4.78 is 24.2. The minimum Gasteiger partial charge on any atom is -0.497 e. The standard InChI is InChI=1S/C24H36O4/c1-5-6-22-18(2)11-14-24(27-22)15-12-19(3)23(28-24)13-16-26-17-20-7-9-21(25-4)10-8-20/h5-10,18-19,22-23H,11-17H2,1-4H3/b6-5+/t18-,19-,22+,23+,24+/m0/s1. The lowest BCUT2D eigenvalue weighted by molar-refractivity contribution is -0.325. The Bertz CT molecular complexity index is 622. The van der Waals surface area contributed by atoms with Gasteiger partial charge in [-0.3, -0.25) is 0 Å². The molecule has 2 aliphatic rings. The Morgan fingerprint density at radius 1 is 1.07 bits per heavy atom. The molecule has 1 aromatic rings. The molecule has 3 rings (SSSR count). The highest BCUT2D eigenvalue weighted by Gasteiger charge is 2.45. The van der Waals surface area contributed by atoms with E-state index in [1.165, 1.54) is 0 Å². The molecular weight excluding hydrogens is 352 g/mol. The van der Waals surface area contributed by atoms with E-state index in [2.05, 4.69) is 32.9 Å². The van der Waals surface area contributed by atoms with Crippen LogP contribution in [0.25, 0.3) is 0 Å². The van der Waals surface area contributed by atoms with E-state index < -0.39 is 5.79 Å². The fraction of sp³-hybridized carbons (Fsp3) is 0.667. The summed E-state index contributed by atoms with van der Waals surface area (Å²) in [7, 11) is 1.68. The third kappa shape index (κ3) is 5.37. The van der Waals surface area contributed by atoms with Crippen molar-refractivity contribution in [3.8, 4) is 5.75 Å². The van der Waals surface area contributed by atoms with Crippen molar-refractivity contribution in [2.45, 2.75) is 77.5 Å². The molecule has 2 saturated heterocycles. The fourth-order valence-corrected chi connectivity index (χ4v) is 4.26. The predicted octanol–water partition coefficient (Wildman–Crippen LogP) is 5.50. The van der Waals surface area contributed by atoms with Crippen molar-refractivity contribution in [1.82, 2.24) is 0 Å². The van der Waals surface area contributed by atoms with E-state index in [1.807, 2.05) is 24.3 Å². The van der Waals surface area contributed by atoms with E-state index in [0.717, 1.165) is 43.4 Å². The summed E-state index contributed by atoms with van der Waals surface area (Å²) in [5.74, 6) is 1.56. The number of ether oxygens (including phenoxy) is 4. The van der Waals surface area contributed by atoms with Gasteiger partial charge in [0.25, 0.3) is 0 Å². The van der Waals surface area contributed by atoms with E-state index in [4.69, 9.17) is 18.9 Å². The Hall–Kier alpha value is -1.36. The normalized spacial score (nSPS) is 33.4. The van der Waals surface area contributed by atoms with Crippen LogP contribution < -0.4 is 4.74 Å². The molecule has 2 heterocycles. The molecule has 0 aromatic heterocycles. The Morgan fingerprint density at radius 2 is 1.79 bits per heavy atom. The van der Waals surface area contributed by atoms with Crippen molar-refractivity contribution in [3.05, 3.63) is 42.0 Å². The van der Waals surface area contributed by atoms with E-state index >= 15 is 0 Å². The predicted molar refractivity (Wildman–Crippen MR) is 111 cm³/mol. The topological polar surface area (TPSA) is 36.9 Å². The molecule has 4 nitrogen and oxygen atoms in total. The summed E-state index contributed by atoms with van der Waals surface area (Å²) in [6.45, 7) is 7.94. The molecule has 0 amide bonds. The first-order chi connectivity index (χ1) is 13.5. The molecule has 2 fully saturated rings. The maximum absolute atomic E-state index is 6.58. The van der Waals surface area contributed by atoms with Crippen molar-refractivity contribution in [2.24, 2.45) is 11.8 Å². The largest absolute Gasteiger partial charge is 0.497 e. The summed E-state index contributed by atoms with van der Waals surface area (Å²) >= 11 is 0. The summed E-state index contributed by atoms with van der Waals surface area (Å²) in [6.07, 6.45) is 9.85. The van der Waals surface area contributed by atoms with Gasteiger partial charge in [-0.2, -0.15) is 0 Å². The Balaban J connectivity index is 1.49. The van der Waals surface area contributed by atoms with E-state index in [1.54, 1.807) is 7.11 Å². The molecule has 28 heavy (non-hydrogen) atoms. The number of hydrogen-bond acceptors (Lipinski definition) is 4. The zero-order valence-electron chi connectivity index (χ0n) is 17.9. The second-order valence-electron chi connectivity index (χ2n) is 8.40. The lowest BCUT2D eigenvalue weighted by Crippen LogP contribution is -2.51. The Kier molecular flexibility index (Phi) is 7.55. The second kappa shape index (κ2) is 9.91. The Morgan fingerprint density at radius 3 is 2.46 bits per heavy atom. The highest BCUT2D eigenvalue weighted by atomic mass is 16.7. The lowest BCUT2D eigenvalue weighted by atomic mass is 9.84. The average molecular weight is 389 g/mol. The van der Waals surface area contributed by atoms with Gasteiger partial charge in [0.2, 0.25) is 0 Å². The van der Waals surface area contributed by atoms with Gasteiger partial charge < -0.3 is 18.9 Å². The van der Waals surface area contributed by atoms with E-state index in [0.29, 0.717) is 25.0 Å². The van der Waals surface area contributed by atoms with Gasteiger partial charge in [0.1, 0.15) is 5.75 Å². The maximum atomic E-state index is 6.58. The molecule has 0 radical (unpaired) electrons. The lowest BCUT2D eigenvalue weighted by Gasteiger charge is -2.49. The first-order valence-electron chi connectivity index (χ1n) is 10.7. The van der Waals surface area contributed by atoms with Crippen molar-refractivity contribution >= 4 is 0 Å². The van der Waals surface area contributed by atoms with Gasteiger partial charge in [-0.15, -0.1) is 0 Å². The second-order valence-corrected chi connectivity index (χ2v) is 8.40. The van der Waals surface area contributed by atoms with Gasteiger partial charge in [-0.25, -0.2) is 0 Å². The summed E-state index contributed by atoms with van der Waals surface area (Å²) in [4.78, 5) is 0. The number of methoxy groups -OCH3 is 1. The first-order valence-corrected chi connectivity index (χ1v) is 10.7. The van der Waals surface area contributed by atoms with Crippen molar-refractivity contribution in [3.63, 3.8) is 0 Å². The minimum atomic E-state index is -0.399. The van der Waals surface area contributed by atoms with Crippen LogP contribution in [0.15, 0.2) is 36.4 Å². The van der Waals surface area contributed by atoms with Crippen molar-refractivity contribution in [1.29, 1.82) is 0 Å². The molecule has 156 valence electrons. The third-order valence-electron chi connectivity index (χ3n) is 6.23. The van der Waals surface area contributed by atoms with Gasteiger partial charge >= 0.3 is 0 Å². The summed E-state index contributed by atoms with van der Waals surface area (Å²) in [5, 5.41) is 0. The molecule has 2 aliphatic heterocycles. The first kappa shape index (κ1) is 21.4. The van der Waals surface area contributed by atoms with Crippen LogP contribution in [0.2, 0.25) is 0 Å². The molecule has 1 spiro atoms. The average Bonchev–Trinajstić information content (AvgIpc) is 2.71. The molecule has 5 atom stereocenters. The minimum absolute atomic E-state index is 0.166. The van der Waals surface area contributed by atoms with Crippen LogP contribution in [0.5, 0.6) is 5.75 Å². The van der Waals surface area contributed by atoms with Crippen molar-refractivity contribution < 1.29 is 18.9 Å². The van der Waals surface area contributed by atoms with Gasteiger partial charge in [0, 0.05) is 19.4 Å². The third-order valence-corrected chi connectivity index (χ3v) is 6.23. The summed E-state index contributed by atoms with van der Waals surface area (Å²) in [5.41, 5.74) is 1.16. The molecule has 4 heteroatoms. The summed E-state index contributed by atoms with van der Waals surface area (Å²) in [6, 6.07) is 8.03. The van der Waals surface area contributed by atoms with Gasteiger partial charge in [0.15, 0.2) is 5.79 Å². The molecule has 0 saturated carbocycles. The van der Waals surface area contributed by atoms with E-state index in [-0.39, 0.29) is 12.2 Å². The van der Waals surface area contributed by atoms with Crippen LogP contribution in [0, 0.1) is 11.8 Å². The molecule has 0 unspecified atom stereocenters. The van der Waals surface area contributed by atoms with Crippen LogP contribution in [-0.2, 0) is 20.8 Å². The Labute approximate surface area is 170 Å². The van der Waals surface area contributed by atoms with Crippen molar-refractivity contribution in [2.75, 3.05) is 13.7 Å². The van der Waals surface area contributed by atoms with Crippen LogP contribution in [0.1, 0.15) is 58.4 Å². The van der Waals surface area contributed by atoms with Gasteiger partial charge in [-0.1, -0.05) is 38.1 Å². The van der Waals surface area contributed by atoms with Crippen LogP contribution in [0.4, 0.5) is 0 Å². The zero-order valence-corrected chi connectivity index (χ0v) is 17.9. The maximum Gasteiger partial charge on any atom is 0.169 e. The quantitative estimate of drug-likeness (QED) is 0.456. The molecule has 0 aliphatic carbocycles. The number of benzene rings is 1. The zero-order chi connectivity index (χ0) is 20.0. The SMILES string of the molecule is C/C=C/[C@H]1O[C@@]2(CC[C@@H]1C)CC[C@H](C)[C@@H](CCOCc1ccc(OC)cc1)O2. The molecule has 0 N–H and O–H groups in total. The van der Waals surface area contributed by atoms with Crippen LogP contribution in [-0.4, -0.2) is 31.7 Å². The highest BCUT2D eigenvalue weighted by molar-refractivity contribution is 5.26. The van der Waals surface area contributed by atoms with Gasteiger partial charge in [-0.05, 0) is 55.7 Å². The number of rotatable bonds is 7. The van der Waals surface area contributed by atoms with Crippen LogP contribution in [0.3, 0.4) is 0 Å². The highest BCUT2D eigenvalue weighted by Crippen LogP contribution is 2.43. The fourth-order valence-electron chi connectivity index (χ4n) is 4.26. The number of allylic oxidation sites excluding steroid dienone is 1. The van der Waals surface area contributed by atoms with Crippen LogP contribution >= 0.6 is 0 Å². The monoisotopic (exact) mass is 388 g/mol. The van der Waals surface area contributed by atoms with Gasteiger partial charge in [0.05, 0.1) is 25.9 Å².